The SMILES string of the molecule is CC[C@H](C)N(C(=O)CSc1n[nH]c(-c2ccccc2)n1)[C@@H](C)CC. The zero-order valence-corrected chi connectivity index (χ0v) is 15.6. The fourth-order valence-electron chi connectivity index (χ4n) is 2.56. The number of amides is 1. The van der Waals surface area contributed by atoms with E-state index in [1.54, 1.807) is 0 Å². The van der Waals surface area contributed by atoms with Crippen LogP contribution in [-0.4, -0.2) is 43.8 Å². The normalized spacial score (nSPS) is 13.5. The molecule has 0 spiro atoms. The number of thioether (sulfide) groups is 1. The lowest BCUT2D eigenvalue weighted by Crippen LogP contribution is -2.45. The molecule has 0 aliphatic heterocycles. The predicted octanol–water partition coefficient (Wildman–Crippen LogP) is 3.99. The second-order valence-corrected chi connectivity index (χ2v) is 6.88. The summed E-state index contributed by atoms with van der Waals surface area (Å²) in [7, 11) is 0. The van der Waals surface area contributed by atoms with E-state index in [0.717, 1.165) is 24.2 Å². The van der Waals surface area contributed by atoms with Crippen LogP contribution >= 0.6 is 11.8 Å². The Bertz CT molecular complexity index is 633. The summed E-state index contributed by atoms with van der Waals surface area (Å²) in [5.41, 5.74) is 0.990. The second-order valence-electron chi connectivity index (χ2n) is 5.94. The van der Waals surface area contributed by atoms with Gasteiger partial charge in [0.1, 0.15) is 0 Å². The molecule has 5 nitrogen and oxygen atoms in total. The van der Waals surface area contributed by atoms with Gasteiger partial charge in [0.25, 0.3) is 0 Å². The Kier molecular flexibility index (Phi) is 6.85. The summed E-state index contributed by atoms with van der Waals surface area (Å²) in [4.78, 5) is 19.1. The summed E-state index contributed by atoms with van der Waals surface area (Å²) in [6, 6.07) is 10.4. The minimum absolute atomic E-state index is 0.148. The van der Waals surface area contributed by atoms with Crippen LogP contribution in [0.4, 0.5) is 0 Å². The third-order valence-electron chi connectivity index (χ3n) is 4.26. The molecule has 0 radical (unpaired) electrons. The van der Waals surface area contributed by atoms with Gasteiger partial charge < -0.3 is 4.90 Å². The minimum atomic E-state index is 0.148. The molecule has 2 rings (SSSR count). The fourth-order valence-corrected chi connectivity index (χ4v) is 3.22. The van der Waals surface area contributed by atoms with E-state index in [2.05, 4.69) is 42.9 Å². The maximum Gasteiger partial charge on any atom is 0.233 e. The van der Waals surface area contributed by atoms with Crippen LogP contribution < -0.4 is 0 Å². The summed E-state index contributed by atoms with van der Waals surface area (Å²) < 4.78 is 0. The smallest absolute Gasteiger partial charge is 0.233 e. The van der Waals surface area contributed by atoms with Gasteiger partial charge in [-0.05, 0) is 26.7 Å². The number of hydrogen-bond donors (Lipinski definition) is 1. The molecule has 2 aromatic rings. The Morgan fingerprint density at radius 3 is 2.38 bits per heavy atom. The molecule has 1 aromatic heterocycles. The van der Waals surface area contributed by atoms with E-state index in [4.69, 9.17) is 0 Å². The molecule has 24 heavy (non-hydrogen) atoms. The van der Waals surface area contributed by atoms with E-state index in [9.17, 15) is 4.79 Å². The maximum absolute atomic E-state index is 12.6. The van der Waals surface area contributed by atoms with Crippen molar-refractivity contribution in [3.05, 3.63) is 30.3 Å². The van der Waals surface area contributed by atoms with Crippen LogP contribution in [0.25, 0.3) is 11.4 Å². The van der Waals surface area contributed by atoms with E-state index in [-0.39, 0.29) is 18.0 Å². The summed E-state index contributed by atoms with van der Waals surface area (Å²) in [6.45, 7) is 8.44. The Morgan fingerprint density at radius 2 is 1.79 bits per heavy atom. The van der Waals surface area contributed by atoms with Crippen molar-refractivity contribution in [1.29, 1.82) is 0 Å². The third-order valence-corrected chi connectivity index (χ3v) is 5.09. The first-order valence-electron chi connectivity index (χ1n) is 8.48. The largest absolute Gasteiger partial charge is 0.337 e. The molecule has 0 saturated carbocycles. The molecule has 0 aliphatic rings. The summed E-state index contributed by atoms with van der Waals surface area (Å²) in [5.74, 6) is 1.24. The number of carbonyl (C=O) groups is 1. The van der Waals surface area contributed by atoms with Gasteiger partial charge in [-0.3, -0.25) is 9.89 Å². The molecule has 0 unspecified atom stereocenters. The molecule has 0 saturated heterocycles. The highest BCUT2D eigenvalue weighted by atomic mass is 32.2. The van der Waals surface area contributed by atoms with Crippen LogP contribution in [0, 0.1) is 0 Å². The molecule has 130 valence electrons. The first kappa shape index (κ1) is 18.5. The van der Waals surface area contributed by atoms with Crippen molar-refractivity contribution in [3.8, 4) is 11.4 Å². The topological polar surface area (TPSA) is 61.9 Å². The van der Waals surface area contributed by atoms with Crippen molar-refractivity contribution in [2.24, 2.45) is 0 Å². The predicted molar refractivity (Wildman–Crippen MR) is 98.9 cm³/mol. The van der Waals surface area contributed by atoms with E-state index in [0.29, 0.717) is 10.9 Å². The van der Waals surface area contributed by atoms with Crippen molar-refractivity contribution < 1.29 is 4.79 Å². The first-order chi connectivity index (χ1) is 11.6. The van der Waals surface area contributed by atoms with Crippen molar-refractivity contribution in [1.82, 2.24) is 20.1 Å². The number of aromatic amines is 1. The standard InChI is InChI=1S/C18H26N4OS/c1-5-13(3)22(14(4)6-2)16(23)12-24-18-19-17(20-21-18)15-10-8-7-9-11-15/h7-11,13-14H,5-6,12H2,1-4H3,(H,19,20,21)/t13-,14-/m0/s1. The lowest BCUT2D eigenvalue weighted by Gasteiger charge is -2.33. The van der Waals surface area contributed by atoms with Crippen LogP contribution in [0.1, 0.15) is 40.5 Å². The zero-order chi connectivity index (χ0) is 17.5. The maximum atomic E-state index is 12.6. The van der Waals surface area contributed by atoms with Crippen molar-refractivity contribution in [2.45, 2.75) is 57.8 Å². The molecule has 0 fully saturated rings. The molecule has 0 aliphatic carbocycles. The monoisotopic (exact) mass is 346 g/mol. The summed E-state index contributed by atoms with van der Waals surface area (Å²) >= 11 is 1.38. The van der Waals surface area contributed by atoms with E-state index in [1.165, 1.54) is 11.8 Å². The average molecular weight is 347 g/mol. The summed E-state index contributed by atoms with van der Waals surface area (Å²) in [5, 5.41) is 7.75. The number of hydrogen-bond acceptors (Lipinski definition) is 4. The van der Waals surface area contributed by atoms with E-state index >= 15 is 0 Å². The Labute approximate surface area is 148 Å². The molecular formula is C18H26N4OS. The number of rotatable bonds is 8. The Hall–Kier alpha value is -1.82. The lowest BCUT2D eigenvalue weighted by molar-refractivity contribution is -0.132. The molecule has 2 atom stereocenters. The zero-order valence-electron chi connectivity index (χ0n) is 14.8. The van der Waals surface area contributed by atoms with Crippen molar-refractivity contribution in [2.75, 3.05) is 5.75 Å². The van der Waals surface area contributed by atoms with E-state index in [1.807, 2.05) is 35.2 Å². The molecular weight excluding hydrogens is 320 g/mol. The van der Waals surface area contributed by atoms with Gasteiger partial charge in [0.15, 0.2) is 5.82 Å². The molecule has 1 heterocycles. The first-order valence-corrected chi connectivity index (χ1v) is 9.47. The van der Waals surface area contributed by atoms with Crippen LogP contribution in [0.5, 0.6) is 0 Å². The van der Waals surface area contributed by atoms with Crippen molar-refractivity contribution >= 4 is 17.7 Å². The number of benzene rings is 1. The number of aromatic nitrogens is 3. The summed E-state index contributed by atoms with van der Waals surface area (Å²) in [6.07, 6.45) is 1.92. The molecule has 1 N–H and O–H groups in total. The number of carbonyl (C=O) groups excluding carboxylic acids is 1. The van der Waals surface area contributed by atoms with Gasteiger partial charge in [-0.1, -0.05) is 55.9 Å². The average Bonchev–Trinajstić information content (AvgIpc) is 3.09. The van der Waals surface area contributed by atoms with Gasteiger partial charge in [0.2, 0.25) is 11.1 Å². The number of H-pyrrole nitrogens is 1. The quantitative estimate of drug-likeness (QED) is 0.734. The Balaban J connectivity index is 1.99. The molecule has 6 heteroatoms. The van der Waals surface area contributed by atoms with Gasteiger partial charge in [0, 0.05) is 17.6 Å². The van der Waals surface area contributed by atoms with Crippen LogP contribution in [-0.2, 0) is 4.79 Å². The highest BCUT2D eigenvalue weighted by Crippen LogP contribution is 2.21. The van der Waals surface area contributed by atoms with Crippen LogP contribution in [0.3, 0.4) is 0 Å². The van der Waals surface area contributed by atoms with Gasteiger partial charge in [0.05, 0.1) is 5.75 Å². The highest BCUT2D eigenvalue weighted by molar-refractivity contribution is 7.99. The lowest BCUT2D eigenvalue weighted by atomic mass is 10.1. The molecule has 0 bridgehead atoms. The number of nitrogens with zero attached hydrogens (tertiary/aromatic N) is 3. The fraction of sp³-hybridized carbons (Fsp3) is 0.500. The van der Waals surface area contributed by atoms with Gasteiger partial charge in [-0.15, -0.1) is 5.10 Å². The van der Waals surface area contributed by atoms with Gasteiger partial charge in [-0.2, -0.15) is 0 Å². The van der Waals surface area contributed by atoms with Crippen molar-refractivity contribution in [3.63, 3.8) is 0 Å². The number of nitrogens with one attached hydrogen (secondary N) is 1. The van der Waals surface area contributed by atoms with Crippen LogP contribution in [0.2, 0.25) is 0 Å². The van der Waals surface area contributed by atoms with Crippen LogP contribution in [0.15, 0.2) is 35.5 Å². The highest BCUT2D eigenvalue weighted by Gasteiger charge is 2.23. The minimum Gasteiger partial charge on any atom is -0.337 e. The van der Waals surface area contributed by atoms with E-state index < -0.39 is 0 Å². The second kappa shape index (κ2) is 8.87. The van der Waals surface area contributed by atoms with Gasteiger partial charge >= 0.3 is 0 Å². The van der Waals surface area contributed by atoms with Gasteiger partial charge in [-0.25, -0.2) is 4.98 Å². The molecule has 1 aromatic carbocycles. The Morgan fingerprint density at radius 1 is 1.17 bits per heavy atom. The molecule has 1 amide bonds. The third kappa shape index (κ3) is 4.60.